The molecule has 0 spiro atoms. The summed E-state index contributed by atoms with van der Waals surface area (Å²) in [7, 11) is 0. The maximum absolute atomic E-state index is 3.53. The van der Waals surface area contributed by atoms with E-state index in [0.717, 1.165) is 0 Å². The predicted octanol–water partition coefficient (Wildman–Crippen LogP) is 3.57. The van der Waals surface area contributed by atoms with Crippen LogP contribution in [0.2, 0.25) is 0 Å². The summed E-state index contributed by atoms with van der Waals surface area (Å²) in [6.45, 7) is 4.42. The van der Waals surface area contributed by atoms with Gasteiger partial charge in [0.05, 0.1) is 5.92 Å². The van der Waals surface area contributed by atoms with Crippen LogP contribution in [0.25, 0.3) is 16.7 Å². The molecule has 90 valence electrons. The number of imidazole rings is 1. The standard InChI is InChI=1S/C16H16N2/c1-12(2)16-17-14-10-6-7-11-15(14)18(16)13-8-4-3-5-9-13/h3-12H,1-2H3/p+1. The molecule has 0 bridgehead atoms. The molecule has 0 atom stereocenters. The minimum atomic E-state index is 0.456. The molecule has 0 aliphatic rings. The van der Waals surface area contributed by atoms with Gasteiger partial charge in [0.15, 0.2) is 11.0 Å². The van der Waals surface area contributed by atoms with Crippen molar-refractivity contribution >= 4 is 11.0 Å². The molecule has 3 rings (SSSR count). The summed E-state index contributed by atoms with van der Waals surface area (Å²) >= 11 is 0. The Bertz CT molecular complexity index is 666. The Morgan fingerprint density at radius 1 is 0.889 bits per heavy atom. The third-order valence-corrected chi connectivity index (χ3v) is 3.21. The van der Waals surface area contributed by atoms with Crippen LogP contribution in [0, 0.1) is 0 Å². The quantitative estimate of drug-likeness (QED) is 0.657. The van der Waals surface area contributed by atoms with Crippen molar-refractivity contribution in [3.8, 4) is 5.69 Å². The number of aromatic nitrogens is 2. The van der Waals surface area contributed by atoms with Crippen molar-refractivity contribution in [2.75, 3.05) is 0 Å². The van der Waals surface area contributed by atoms with E-state index >= 15 is 0 Å². The van der Waals surface area contributed by atoms with Crippen LogP contribution < -0.4 is 4.57 Å². The minimum absolute atomic E-state index is 0.456. The fourth-order valence-electron chi connectivity index (χ4n) is 2.36. The van der Waals surface area contributed by atoms with Gasteiger partial charge >= 0.3 is 0 Å². The van der Waals surface area contributed by atoms with Gasteiger partial charge in [-0.05, 0) is 24.3 Å². The van der Waals surface area contributed by atoms with E-state index in [-0.39, 0.29) is 0 Å². The first-order chi connectivity index (χ1) is 8.77. The number of aromatic amines is 1. The Morgan fingerprint density at radius 2 is 1.56 bits per heavy atom. The van der Waals surface area contributed by atoms with Crippen molar-refractivity contribution in [3.63, 3.8) is 0 Å². The molecular weight excluding hydrogens is 220 g/mol. The summed E-state index contributed by atoms with van der Waals surface area (Å²) < 4.78 is 2.31. The van der Waals surface area contributed by atoms with Gasteiger partial charge in [-0.3, -0.25) is 0 Å². The van der Waals surface area contributed by atoms with E-state index < -0.39 is 0 Å². The molecule has 1 heterocycles. The molecule has 2 heteroatoms. The number of hydrogen-bond donors (Lipinski definition) is 1. The van der Waals surface area contributed by atoms with Gasteiger partial charge in [0.2, 0.25) is 0 Å². The lowest BCUT2D eigenvalue weighted by molar-refractivity contribution is -0.577. The molecule has 0 amide bonds. The Morgan fingerprint density at radius 3 is 2.28 bits per heavy atom. The first kappa shape index (κ1) is 11.0. The van der Waals surface area contributed by atoms with E-state index in [1.807, 2.05) is 6.07 Å². The summed E-state index contributed by atoms with van der Waals surface area (Å²) in [5.41, 5.74) is 3.62. The number of nitrogens with zero attached hydrogens (tertiary/aromatic N) is 1. The first-order valence-electron chi connectivity index (χ1n) is 6.35. The predicted molar refractivity (Wildman–Crippen MR) is 73.9 cm³/mol. The summed E-state index contributed by atoms with van der Waals surface area (Å²) in [5.74, 6) is 1.69. The molecule has 1 N–H and O–H groups in total. The van der Waals surface area contributed by atoms with Crippen LogP contribution in [0.1, 0.15) is 25.6 Å². The second kappa shape index (κ2) is 4.30. The molecular formula is C16H17N2+. The molecule has 0 saturated carbocycles. The van der Waals surface area contributed by atoms with Gasteiger partial charge < -0.3 is 0 Å². The lowest BCUT2D eigenvalue weighted by Crippen LogP contribution is -2.34. The van der Waals surface area contributed by atoms with Gasteiger partial charge in [0.1, 0.15) is 5.69 Å². The smallest absolute Gasteiger partial charge is 0.240 e. The summed E-state index contributed by atoms with van der Waals surface area (Å²) in [6, 6.07) is 18.9. The minimum Gasteiger partial charge on any atom is -0.240 e. The summed E-state index contributed by atoms with van der Waals surface area (Å²) in [4.78, 5) is 3.53. The molecule has 3 aromatic rings. The molecule has 18 heavy (non-hydrogen) atoms. The summed E-state index contributed by atoms with van der Waals surface area (Å²) in [5, 5.41) is 0. The van der Waals surface area contributed by atoms with Crippen LogP contribution in [0.4, 0.5) is 0 Å². The van der Waals surface area contributed by atoms with Gasteiger partial charge in [-0.15, -0.1) is 0 Å². The highest BCUT2D eigenvalue weighted by Crippen LogP contribution is 2.17. The fraction of sp³-hybridized carbons (Fsp3) is 0.188. The monoisotopic (exact) mass is 237 g/mol. The zero-order valence-corrected chi connectivity index (χ0v) is 10.7. The second-order valence-electron chi connectivity index (χ2n) is 4.85. The van der Waals surface area contributed by atoms with Gasteiger partial charge in [-0.25, -0.2) is 4.98 Å². The van der Waals surface area contributed by atoms with E-state index in [1.165, 1.54) is 22.5 Å². The number of benzene rings is 2. The normalized spacial score (nSPS) is 11.3. The van der Waals surface area contributed by atoms with Crippen molar-refractivity contribution in [3.05, 3.63) is 60.4 Å². The van der Waals surface area contributed by atoms with Gasteiger partial charge in [-0.1, -0.05) is 44.2 Å². The highest BCUT2D eigenvalue weighted by atomic mass is 15.1. The van der Waals surface area contributed by atoms with E-state index in [9.17, 15) is 0 Å². The lowest BCUT2D eigenvalue weighted by Gasteiger charge is -2.03. The van der Waals surface area contributed by atoms with Crippen LogP contribution in [-0.2, 0) is 0 Å². The zero-order valence-electron chi connectivity index (χ0n) is 10.7. The highest BCUT2D eigenvalue weighted by molar-refractivity contribution is 5.71. The molecule has 0 aliphatic heterocycles. The molecule has 2 nitrogen and oxygen atoms in total. The maximum Gasteiger partial charge on any atom is 0.262 e. The third-order valence-electron chi connectivity index (χ3n) is 3.21. The van der Waals surface area contributed by atoms with Crippen molar-refractivity contribution < 1.29 is 4.57 Å². The van der Waals surface area contributed by atoms with Gasteiger partial charge in [0, 0.05) is 0 Å². The number of nitrogens with one attached hydrogen (secondary N) is 1. The third kappa shape index (κ3) is 1.70. The SMILES string of the molecule is CC(C)c1[nH]c2ccccc2[n+]1-c1ccccc1. The Hall–Kier alpha value is -2.09. The molecule has 0 radical (unpaired) electrons. The van der Waals surface area contributed by atoms with E-state index in [0.29, 0.717) is 5.92 Å². The molecule has 0 saturated heterocycles. The van der Waals surface area contributed by atoms with E-state index in [4.69, 9.17) is 0 Å². The zero-order chi connectivity index (χ0) is 12.5. The molecule has 0 fully saturated rings. The van der Waals surface area contributed by atoms with Crippen LogP contribution in [0.15, 0.2) is 54.6 Å². The van der Waals surface area contributed by atoms with Crippen LogP contribution in [0.5, 0.6) is 0 Å². The number of H-pyrrole nitrogens is 1. The van der Waals surface area contributed by atoms with Crippen LogP contribution in [-0.4, -0.2) is 4.98 Å². The summed E-state index contributed by atoms with van der Waals surface area (Å²) in [6.07, 6.45) is 0. The maximum atomic E-state index is 3.53. The number of hydrogen-bond acceptors (Lipinski definition) is 0. The number of rotatable bonds is 2. The number of para-hydroxylation sites is 3. The Balaban J connectivity index is 2.35. The van der Waals surface area contributed by atoms with Gasteiger partial charge in [0.25, 0.3) is 5.82 Å². The van der Waals surface area contributed by atoms with Gasteiger partial charge in [-0.2, -0.15) is 4.57 Å². The molecule has 2 aromatic carbocycles. The highest BCUT2D eigenvalue weighted by Gasteiger charge is 2.21. The molecule has 0 aliphatic carbocycles. The second-order valence-corrected chi connectivity index (χ2v) is 4.85. The van der Waals surface area contributed by atoms with Crippen molar-refractivity contribution in [1.29, 1.82) is 0 Å². The van der Waals surface area contributed by atoms with Crippen LogP contribution >= 0.6 is 0 Å². The Labute approximate surface area is 107 Å². The fourth-order valence-corrected chi connectivity index (χ4v) is 2.36. The average molecular weight is 237 g/mol. The first-order valence-corrected chi connectivity index (χ1v) is 6.35. The topological polar surface area (TPSA) is 19.7 Å². The molecule has 0 unspecified atom stereocenters. The Kier molecular flexibility index (Phi) is 2.63. The van der Waals surface area contributed by atoms with Crippen molar-refractivity contribution in [1.82, 2.24) is 4.98 Å². The lowest BCUT2D eigenvalue weighted by atomic mass is 10.2. The van der Waals surface area contributed by atoms with E-state index in [2.05, 4.69) is 71.9 Å². The van der Waals surface area contributed by atoms with Crippen molar-refractivity contribution in [2.45, 2.75) is 19.8 Å². The van der Waals surface area contributed by atoms with Crippen LogP contribution in [0.3, 0.4) is 0 Å². The number of fused-ring (bicyclic) bond motifs is 1. The largest absolute Gasteiger partial charge is 0.262 e. The van der Waals surface area contributed by atoms with E-state index in [1.54, 1.807) is 0 Å². The molecule has 1 aromatic heterocycles. The van der Waals surface area contributed by atoms with Crippen molar-refractivity contribution in [2.24, 2.45) is 0 Å². The average Bonchev–Trinajstić information content (AvgIpc) is 2.79.